The number of aliphatic hydroxyl groups is 1. The van der Waals surface area contributed by atoms with E-state index in [4.69, 9.17) is 0 Å². The third-order valence-electron chi connectivity index (χ3n) is 2.98. The third-order valence-corrected chi connectivity index (χ3v) is 2.98. The SMILES string of the molecule is CCC(O)(CC)c1ccc(F)c(C(F)(F)F)c1. The fourth-order valence-electron chi connectivity index (χ4n) is 1.69. The summed E-state index contributed by atoms with van der Waals surface area (Å²) >= 11 is 0. The van der Waals surface area contributed by atoms with Crippen molar-refractivity contribution < 1.29 is 22.7 Å². The van der Waals surface area contributed by atoms with Crippen LogP contribution in [0.3, 0.4) is 0 Å². The molecule has 0 aliphatic carbocycles. The first-order valence-electron chi connectivity index (χ1n) is 5.34. The maximum Gasteiger partial charge on any atom is 0.419 e. The van der Waals surface area contributed by atoms with E-state index in [1.165, 1.54) is 6.07 Å². The summed E-state index contributed by atoms with van der Waals surface area (Å²) in [4.78, 5) is 0. The number of hydrogen-bond acceptors (Lipinski definition) is 1. The van der Waals surface area contributed by atoms with Gasteiger partial charge < -0.3 is 5.11 Å². The van der Waals surface area contributed by atoms with Crippen molar-refractivity contribution in [3.8, 4) is 0 Å². The molecule has 1 N–H and O–H groups in total. The zero-order valence-electron chi connectivity index (χ0n) is 9.61. The molecule has 0 unspecified atom stereocenters. The molecule has 96 valence electrons. The van der Waals surface area contributed by atoms with Gasteiger partial charge in [0.05, 0.1) is 11.2 Å². The van der Waals surface area contributed by atoms with Crippen molar-refractivity contribution in [2.24, 2.45) is 0 Å². The molecule has 0 saturated heterocycles. The number of alkyl halides is 3. The molecular weight excluding hydrogens is 236 g/mol. The van der Waals surface area contributed by atoms with Crippen LogP contribution in [-0.2, 0) is 11.8 Å². The minimum Gasteiger partial charge on any atom is -0.385 e. The molecule has 0 aliphatic heterocycles. The van der Waals surface area contributed by atoms with Crippen LogP contribution in [0.25, 0.3) is 0 Å². The highest BCUT2D eigenvalue weighted by molar-refractivity contribution is 5.31. The van der Waals surface area contributed by atoms with Crippen LogP contribution in [0.5, 0.6) is 0 Å². The summed E-state index contributed by atoms with van der Waals surface area (Å²) in [6.45, 7) is 3.33. The lowest BCUT2D eigenvalue weighted by Gasteiger charge is -2.26. The van der Waals surface area contributed by atoms with Gasteiger partial charge in [0.2, 0.25) is 0 Å². The van der Waals surface area contributed by atoms with Gasteiger partial charge >= 0.3 is 6.18 Å². The molecule has 1 rings (SSSR count). The minimum atomic E-state index is -4.75. The van der Waals surface area contributed by atoms with Gasteiger partial charge in [-0.3, -0.25) is 0 Å². The van der Waals surface area contributed by atoms with E-state index in [1.54, 1.807) is 13.8 Å². The highest BCUT2D eigenvalue weighted by atomic mass is 19.4. The van der Waals surface area contributed by atoms with Crippen molar-refractivity contribution >= 4 is 0 Å². The monoisotopic (exact) mass is 250 g/mol. The smallest absolute Gasteiger partial charge is 0.385 e. The second-order valence-electron chi connectivity index (χ2n) is 3.93. The number of rotatable bonds is 3. The summed E-state index contributed by atoms with van der Waals surface area (Å²) in [5.41, 5.74) is -2.58. The number of hydrogen-bond donors (Lipinski definition) is 1. The fourth-order valence-corrected chi connectivity index (χ4v) is 1.69. The van der Waals surface area contributed by atoms with E-state index >= 15 is 0 Å². The summed E-state index contributed by atoms with van der Waals surface area (Å²) in [7, 11) is 0. The maximum absolute atomic E-state index is 13.1. The normalized spacial score (nSPS) is 12.9. The molecule has 5 heteroatoms. The van der Waals surface area contributed by atoms with Gasteiger partial charge in [0, 0.05) is 0 Å². The van der Waals surface area contributed by atoms with Crippen molar-refractivity contribution in [3.05, 3.63) is 35.1 Å². The molecule has 0 saturated carbocycles. The first-order valence-corrected chi connectivity index (χ1v) is 5.34. The zero-order valence-corrected chi connectivity index (χ0v) is 9.61. The van der Waals surface area contributed by atoms with Gasteiger partial charge in [-0.1, -0.05) is 19.9 Å². The molecule has 1 nitrogen and oxygen atoms in total. The molecule has 17 heavy (non-hydrogen) atoms. The highest BCUT2D eigenvalue weighted by Gasteiger charge is 2.36. The van der Waals surface area contributed by atoms with Gasteiger partial charge in [0.25, 0.3) is 0 Å². The Labute approximate surface area is 97.1 Å². The van der Waals surface area contributed by atoms with E-state index in [2.05, 4.69) is 0 Å². The molecule has 1 aromatic rings. The van der Waals surface area contributed by atoms with E-state index in [-0.39, 0.29) is 18.4 Å². The number of benzene rings is 1. The van der Waals surface area contributed by atoms with Crippen molar-refractivity contribution in [1.29, 1.82) is 0 Å². The zero-order chi connectivity index (χ0) is 13.3. The Hall–Kier alpha value is -1.10. The quantitative estimate of drug-likeness (QED) is 0.808. The average Bonchev–Trinajstić information content (AvgIpc) is 2.27. The molecule has 0 aliphatic rings. The van der Waals surface area contributed by atoms with E-state index in [0.717, 1.165) is 6.07 Å². The van der Waals surface area contributed by atoms with Crippen LogP contribution in [0.15, 0.2) is 18.2 Å². The van der Waals surface area contributed by atoms with Crippen LogP contribution in [-0.4, -0.2) is 5.11 Å². The van der Waals surface area contributed by atoms with Crippen LogP contribution in [0, 0.1) is 5.82 Å². The Bertz CT molecular complexity index is 394. The third kappa shape index (κ3) is 2.77. The Kier molecular flexibility index (Phi) is 3.81. The summed E-state index contributed by atoms with van der Waals surface area (Å²) in [5, 5.41) is 10.1. The standard InChI is InChI=1S/C12H14F4O/c1-3-11(17,4-2)8-5-6-10(13)9(7-8)12(14,15)16/h5-7,17H,3-4H2,1-2H3. The van der Waals surface area contributed by atoms with Crippen molar-refractivity contribution in [3.63, 3.8) is 0 Å². The minimum absolute atomic E-state index is 0.0937. The molecule has 0 heterocycles. The maximum atomic E-state index is 13.1. The Morgan fingerprint density at radius 1 is 1.12 bits per heavy atom. The lowest BCUT2D eigenvalue weighted by molar-refractivity contribution is -0.140. The Morgan fingerprint density at radius 2 is 1.65 bits per heavy atom. The molecule has 0 spiro atoms. The molecular formula is C12H14F4O. The van der Waals surface area contributed by atoms with Gasteiger partial charge in [-0.25, -0.2) is 4.39 Å². The van der Waals surface area contributed by atoms with E-state index in [0.29, 0.717) is 6.07 Å². The van der Waals surface area contributed by atoms with Gasteiger partial charge in [0.15, 0.2) is 0 Å². The second kappa shape index (κ2) is 4.64. The summed E-state index contributed by atoms with van der Waals surface area (Å²) in [6.07, 6.45) is -4.21. The molecule has 0 aromatic heterocycles. The van der Waals surface area contributed by atoms with Crippen molar-refractivity contribution in [2.45, 2.75) is 38.5 Å². The topological polar surface area (TPSA) is 20.2 Å². The van der Waals surface area contributed by atoms with E-state index < -0.39 is 23.2 Å². The summed E-state index contributed by atoms with van der Waals surface area (Å²) in [6, 6.07) is 2.62. The predicted octanol–water partition coefficient (Wildman–Crippen LogP) is 3.85. The Balaban J connectivity index is 3.31. The van der Waals surface area contributed by atoms with Gasteiger partial charge in [0.1, 0.15) is 5.82 Å². The van der Waals surface area contributed by atoms with Crippen LogP contribution >= 0.6 is 0 Å². The molecule has 0 bridgehead atoms. The molecule has 0 radical (unpaired) electrons. The van der Waals surface area contributed by atoms with E-state index in [1.807, 2.05) is 0 Å². The summed E-state index contributed by atoms with van der Waals surface area (Å²) in [5.74, 6) is -1.32. The fraction of sp³-hybridized carbons (Fsp3) is 0.500. The lowest BCUT2D eigenvalue weighted by atomic mass is 9.87. The largest absolute Gasteiger partial charge is 0.419 e. The van der Waals surface area contributed by atoms with Crippen LogP contribution in [0.2, 0.25) is 0 Å². The lowest BCUT2D eigenvalue weighted by Crippen LogP contribution is -2.24. The highest BCUT2D eigenvalue weighted by Crippen LogP contribution is 2.36. The van der Waals surface area contributed by atoms with Crippen LogP contribution in [0.4, 0.5) is 17.6 Å². The first-order chi connectivity index (χ1) is 7.74. The second-order valence-corrected chi connectivity index (χ2v) is 3.93. The molecule has 0 fully saturated rings. The molecule has 0 amide bonds. The van der Waals surface area contributed by atoms with Crippen molar-refractivity contribution in [1.82, 2.24) is 0 Å². The van der Waals surface area contributed by atoms with Crippen LogP contribution in [0.1, 0.15) is 37.8 Å². The van der Waals surface area contributed by atoms with Crippen LogP contribution < -0.4 is 0 Å². The van der Waals surface area contributed by atoms with Crippen molar-refractivity contribution in [2.75, 3.05) is 0 Å². The first kappa shape index (κ1) is 14.0. The summed E-state index contributed by atoms with van der Waals surface area (Å²) < 4.78 is 50.6. The van der Waals surface area contributed by atoms with E-state index in [9.17, 15) is 22.7 Å². The number of halogens is 4. The van der Waals surface area contributed by atoms with Gasteiger partial charge in [-0.2, -0.15) is 13.2 Å². The Morgan fingerprint density at radius 3 is 2.06 bits per heavy atom. The van der Waals surface area contributed by atoms with Gasteiger partial charge in [-0.05, 0) is 30.5 Å². The molecule has 1 aromatic carbocycles. The predicted molar refractivity (Wildman–Crippen MR) is 55.9 cm³/mol. The van der Waals surface area contributed by atoms with Gasteiger partial charge in [-0.15, -0.1) is 0 Å². The molecule has 0 atom stereocenters. The average molecular weight is 250 g/mol.